The molecule has 0 fully saturated rings. The summed E-state index contributed by atoms with van der Waals surface area (Å²) in [6.45, 7) is 0. The van der Waals surface area contributed by atoms with E-state index in [4.69, 9.17) is 0 Å². The van der Waals surface area contributed by atoms with Crippen molar-refractivity contribution < 1.29 is 4.79 Å². The molecule has 5 nitrogen and oxygen atoms in total. The van der Waals surface area contributed by atoms with Crippen LogP contribution in [0, 0.1) is 0 Å². The highest BCUT2D eigenvalue weighted by Gasteiger charge is 2.07. The summed E-state index contributed by atoms with van der Waals surface area (Å²) < 4.78 is 0. The van der Waals surface area contributed by atoms with E-state index in [9.17, 15) is 4.79 Å². The normalized spacial score (nSPS) is 9.46. The van der Waals surface area contributed by atoms with Crippen molar-refractivity contribution >= 4 is 11.9 Å². The fourth-order valence-electron chi connectivity index (χ4n) is 0.826. The van der Waals surface area contributed by atoms with E-state index < -0.39 is 0 Å². The molecule has 1 aromatic heterocycles. The van der Waals surface area contributed by atoms with Gasteiger partial charge >= 0.3 is 0 Å². The number of nitrogens with one attached hydrogen (secondary N) is 1. The Labute approximate surface area is 76.8 Å². The third-order valence-corrected chi connectivity index (χ3v) is 1.53. The van der Waals surface area contributed by atoms with Crippen LogP contribution in [0.25, 0.3) is 0 Å². The van der Waals surface area contributed by atoms with Gasteiger partial charge in [0.25, 0.3) is 5.91 Å². The second-order valence-electron chi connectivity index (χ2n) is 2.74. The van der Waals surface area contributed by atoms with Crippen molar-refractivity contribution in [3.8, 4) is 0 Å². The Morgan fingerprint density at radius 3 is 2.31 bits per heavy atom. The highest BCUT2D eigenvalue weighted by Crippen LogP contribution is 2.01. The van der Waals surface area contributed by atoms with Gasteiger partial charge in [-0.2, -0.15) is 0 Å². The summed E-state index contributed by atoms with van der Waals surface area (Å²) in [5.74, 6) is 0.415. The molecule has 0 saturated carbocycles. The van der Waals surface area contributed by atoms with Crippen LogP contribution in [0.5, 0.6) is 0 Å². The van der Waals surface area contributed by atoms with E-state index in [-0.39, 0.29) is 5.91 Å². The van der Waals surface area contributed by atoms with Gasteiger partial charge in [-0.05, 0) is 0 Å². The average Bonchev–Trinajstić information content (AvgIpc) is 2.17. The van der Waals surface area contributed by atoms with E-state index in [2.05, 4.69) is 15.3 Å². The Morgan fingerprint density at radius 1 is 1.38 bits per heavy atom. The molecule has 0 aliphatic rings. The third-order valence-electron chi connectivity index (χ3n) is 1.53. The highest BCUT2D eigenvalue weighted by molar-refractivity contribution is 5.93. The molecule has 0 aliphatic heterocycles. The van der Waals surface area contributed by atoms with Crippen molar-refractivity contribution in [2.75, 3.05) is 26.5 Å². The minimum atomic E-state index is -0.0948. The predicted molar refractivity (Wildman–Crippen MR) is 49.6 cm³/mol. The van der Waals surface area contributed by atoms with Gasteiger partial charge in [0.05, 0.1) is 5.56 Å². The monoisotopic (exact) mass is 180 g/mol. The van der Waals surface area contributed by atoms with Gasteiger partial charge in [-0.1, -0.05) is 0 Å². The maximum atomic E-state index is 11.4. The number of carbonyl (C=O) groups excluding carboxylic acids is 1. The van der Waals surface area contributed by atoms with Crippen molar-refractivity contribution in [3.63, 3.8) is 0 Å². The number of rotatable bonds is 2. The zero-order valence-electron chi connectivity index (χ0n) is 7.90. The summed E-state index contributed by atoms with van der Waals surface area (Å²) in [5.41, 5.74) is 0.490. The molecular formula is C8H12N4O. The molecular weight excluding hydrogens is 168 g/mol. The molecule has 13 heavy (non-hydrogen) atoms. The molecule has 0 saturated heterocycles. The number of amides is 1. The topological polar surface area (TPSA) is 58.1 Å². The maximum absolute atomic E-state index is 11.4. The lowest BCUT2D eigenvalue weighted by Crippen LogP contribution is -2.22. The number of aromatic nitrogens is 2. The van der Waals surface area contributed by atoms with E-state index in [1.54, 1.807) is 21.1 Å². The molecule has 0 atom stereocenters. The van der Waals surface area contributed by atoms with Crippen LogP contribution in [0.15, 0.2) is 12.4 Å². The molecule has 1 heterocycles. The minimum Gasteiger partial charge on any atom is -0.357 e. The molecule has 0 aliphatic carbocycles. The fourth-order valence-corrected chi connectivity index (χ4v) is 0.826. The van der Waals surface area contributed by atoms with Gasteiger partial charge in [-0.3, -0.25) is 4.79 Å². The maximum Gasteiger partial charge on any atom is 0.256 e. The number of carbonyl (C=O) groups is 1. The Kier molecular flexibility index (Phi) is 2.79. The fraction of sp³-hybridized carbons (Fsp3) is 0.375. The summed E-state index contributed by atoms with van der Waals surface area (Å²) in [6.07, 6.45) is 3.00. The highest BCUT2D eigenvalue weighted by atomic mass is 16.2. The van der Waals surface area contributed by atoms with E-state index in [1.807, 2.05) is 0 Å². The lowest BCUT2D eigenvalue weighted by molar-refractivity contribution is 0.0827. The minimum absolute atomic E-state index is 0.0948. The summed E-state index contributed by atoms with van der Waals surface area (Å²) in [4.78, 5) is 20.7. The molecule has 0 radical (unpaired) electrons. The summed E-state index contributed by atoms with van der Waals surface area (Å²) >= 11 is 0. The SMILES string of the molecule is CNc1ncc(C(=O)N(C)C)cn1. The Morgan fingerprint density at radius 2 is 1.92 bits per heavy atom. The van der Waals surface area contributed by atoms with E-state index in [1.165, 1.54) is 17.3 Å². The largest absolute Gasteiger partial charge is 0.357 e. The van der Waals surface area contributed by atoms with Crippen LogP contribution in [0.2, 0.25) is 0 Å². The smallest absolute Gasteiger partial charge is 0.256 e. The first-order valence-electron chi connectivity index (χ1n) is 3.86. The van der Waals surface area contributed by atoms with Gasteiger partial charge in [0.2, 0.25) is 5.95 Å². The molecule has 1 aromatic rings. The summed E-state index contributed by atoms with van der Waals surface area (Å²) in [5, 5.41) is 2.78. The van der Waals surface area contributed by atoms with Crippen molar-refractivity contribution in [1.29, 1.82) is 0 Å². The first kappa shape index (κ1) is 9.44. The summed E-state index contributed by atoms with van der Waals surface area (Å²) in [7, 11) is 5.10. The quantitative estimate of drug-likeness (QED) is 0.707. The van der Waals surface area contributed by atoms with Crippen molar-refractivity contribution in [3.05, 3.63) is 18.0 Å². The van der Waals surface area contributed by atoms with Gasteiger partial charge in [0.15, 0.2) is 0 Å². The Hall–Kier alpha value is -1.65. The van der Waals surface area contributed by atoms with Crippen molar-refractivity contribution in [2.24, 2.45) is 0 Å². The lowest BCUT2D eigenvalue weighted by Gasteiger charge is -2.09. The Bertz CT molecular complexity index is 294. The first-order valence-corrected chi connectivity index (χ1v) is 3.86. The second-order valence-corrected chi connectivity index (χ2v) is 2.74. The average molecular weight is 180 g/mol. The molecule has 5 heteroatoms. The van der Waals surface area contributed by atoms with Crippen molar-refractivity contribution in [2.45, 2.75) is 0 Å². The van der Waals surface area contributed by atoms with Crippen LogP contribution in [0.1, 0.15) is 10.4 Å². The van der Waals surface area contributed by atoms with Crippen molar-refractivity contribution in [1.82, 2.24) is 14.9 Å². The number of hydrogen-bond donors (Lipinski definition) is 1. The van der Waals surface area contributed by atoms with Crippen LogP contribution >= 0.6 is 0 Å². The van der Waals surface area contributed by atoms with Crippen LogP contribution < -0.4 is 5.32 Å². The van der Waals surface area contributed by atoms with Crippen LogP contribution in [0.4, 0.5) is 5.95 Å². The summed E-state index contributed by atoms with van der Waals surface area (Å²) in [6, 6.07) is 0. The molecule has 0 aromatic carbocycles. The number of nitrogens with zero attached hydrogens (tertiary/aromatic N) is 3. The van der Waals surface area contributed by atoms with Gasteiger partial charge < -0.3 is 10.2 Å². The van der Waals surface area contributed by atoms with Gasteiger partial charge in [0, 0.05) is 33.5 Å². The number of anilines is 1. The van der Waals surface area contributed by atoms with Gasteiger partial charge in [-0.15, -0.1) is 0 Å². The number of hydrogen-bond acceptors (Lipinski definition) is 4. The van der Waals surface area contributed by atoms with E-state index >= 15 is 0 Å². The lowest BCUT2D eigenvalue weighted by atomic mass is 10.3. The van der Waals surface area contributed by atoms with Crippen LogP contribution in [0.3, 0.4) is 0 Å². The molecule has 70 valence electrons. The van der Waals surface area contributed by atoms with Crippen LogP contribution in [-0.4, -0.2) is 41.9 Å². The van der Waals surface area contributed by atoms with Gasteiger partial charge in [-0.25, -0.2) is 9.97 Å². The van der Waals surface area contributed by atoms with Gasteiger partial charge in [0.1, 0.15) is 0 Å². The van der Waals surface area contributed by atoms with E-state index in [0.717, 1.165) is 0 Å². The Balaban J connectivity index is 2.86. The molecule has 1 N–H and O–H groups in total. The van der Waals surface area contributed by atoms with Crippen LogP contribution in [-0.2, 0) is 0 Å². The molecule has 0 bridgehead atoms. The predicted octanol–water partition coefficient (Wildman–Crippen LogP) is 0.220. The zero-order chi connectivity index (χ0) is 9.84. The molecule has 1 rings (SSSR count). The molecule has 0 unspecified atom stereocenters. The molecule has 1 amide bonds. The standard InChI is InChI=1S/C8H12N4O/c1-9-8-10-4-6(5-11-8)7(13)12(2)3/h4-5H,1-3H3,(H,9,10,11). The van der Waals surface area contributed by atoms with E-state index in [0.29, 0.717) is 11.5 Å². The zero-order valence-corrected chi connectivity index (χ0v) is 7.90. The third kappa shape index (κ3) is 2.14. The molecule has 0 spiro atoms. The second kappa shape index (κ2) is 3.84. The first-order chi connectivity index (χ1) is 6.15.